The van der Waals surface area contributed by atoms with Crippen LogP contribution >= 0.6 is 0 Å². The maximum Gasteiger partial charge on any atom is 0.239 e. The summed E-state index contributed by atoms with van der Waals surface area (Å²) in [6.45, 7) is 2.22. The van der Waals surface area contributed by atoms with E-state index in [-0.39, 0.29) is 17.3 Å². The molecule has 0 radical (unpaired) electrons. The van der Waals surface area contributed by atoms with Crippen LogP contribution in [0.25, 0.3) is 0 Å². The minimum Gasteiger partial charge on any atom is -0.467 e. The zero-order valence-corrected chi connectivity index (χ0v) is 13.2. The molecule has 0 aliphatic carbocycles. The molecule has 0 aliphatic rings. The Morgan fingerprint density at radius 2 is 2.05 bits per heavy atom. The van der Waals surface area contributed by atoms with Gasteiger partial charge in [0.25, 0.3) is 0 Å². The molecule has 1 amide bonds. The Balaban J connectivity index is 1.90. The zero-order valence-electron chi connectivity index (χ0n) is 12.4. The number of hydrogen-bond acceptors (Lipinski definition) is 5. The van der Waals surface area contributed by atoms with Gasteiger partial charge >= 0.3 is 0 Å². The predicted octanol–water partition coefficient (Wildman–Crippen LogP) is 1.72. The standard InChI is InChI=1S/C15H18N2O4S/c1-11-8-13(22(2,19)20)5-6-14(11)16-10-15(18)17-9-12-4-3-7-21-12/h3-8,16H,9-10H2,1-2H3,(H,17,18). The van der Waals surface area contributed by atoms with Gasteiger partial charge in [-0.3, -0.25) is 4.79 Å². The fourth-order valence-electron chi connectivity index (χ4n) is 1.90. The molecule has 1 heterocycles. The van der Waals surface area contributed by atoms with Crippen molar-refractivity contribution in [2.45, 2.75) is 18.4 Å². The van der Waals surface area contributed by atoms with Gasteiger partial charge in [-0.15, -0.1) is 0 Å². The van der Waals surface area contributed by atoms with Crippen LogP contribution in [0.2, 0.25) is 0 Å². The van der Waals surface area contributed by atoms with Crippen LogP contribution in [0.4, 0.5) is 5.69 Å². The Hall–Kier alpha value is -2.28. The van der Waals surface area contributed by atoms with Gasteiger partial charge in [-0.05, 0) is 42.8 Å². The number of hydrogen-bond donors (Lipinski definition) is 2. The Morgan fingerprint density at radius 3 is 2.64 bits per heavy atom. The number of furan rings is 1. The maximum atomic E-state index is 11.7. The summed E-state index contributed by atoms with van der Waals surface area (Å²) in [6, 6.07) is 8.30. The van der Waals surface area contributed by atoms with E-state index in [2.05, 4.69) is 10.6 Å². The summed E-state index contributed by atoms with van der Waals surface area (Å²) in [4.78, 5) is 12.0. The van der Waals surface area contributed by atoms with Gasteiger partial charge in [0, 0.05) is 11.9 Å². The summed E-state index contributed by atoms with van der Waals surface area (Å²) in [7, 11) is -3.22. The number of anilines is 1. The van der Waals surface area contributed by atoms with Crippen molar-refractivity contribution in [2.75, 3.05) is 18.1 Å². The fraction of sp³-hybridized carbons (Fsp3) is 0.267. The van der Waals surface area contributed by atoms with Gasteiger partial charge < -0.3 is 15.1 Å². The maximum absolute atomic E-state index is 11.7. The number of carbonyl (C=O) groups excluding carboxylic acids is 1. The van der Waals surface area contributed by atoms with Crippen LogP contribution in [0.15, 0.2) is 45.9 Å². The number of benzene rings is 1. The van der Waals surface area contributed by atoms with Crippen LogP contribution < -0.4 is 10.6 Å². The SMILES string of the molecule is Cc1cc(S(C)(=O)=O)ccc1NCC(=O)NCc1ccco1. The number of aryl methyl sites for hydroxylation is 1. The van der Waals surface area contributed by atoms with E-state index in [0.29, 0.717) is 12.3 Å². The van der Waals surface area contributed by atoms with E-state index in [4.69, 9.17) is 4.42 Å². The molecular weight excluding hydrogens is 304 g/mol. The lowest BCUT2D eigenvalue weighted by Crippen LogP contribution is -2.29. The molecule has 0 aliphatic heterocycles. The number of sulfone groups is 1. The Morgan fingerprint density at radius 1 is 1.27 bits per heavy atom. The third kappa shape index (κ3) is 4.36. The molecule has 0 spiro atoms. The second-order valence-corrected chi connectivity index (χ2v) is 6.97. The summed E-state index contributed by atoms with van der Waals surface area (Å²) < 4.78 is 28.1. The van der Waals surface area contributed by atoms with Crippen molar-refractivity contribution in [3.63, 3.8) is 0 Å². The topological polar surface area (TPSA) is 88.4 Å². The van der Waals surface area contributed by atoms with E-state index in [1.54, 1.807) is 37.5 Å². The lowest BCUT2D eigenvalue weighted by atomic mass is 10.2. The molecule has 0 unspecified atom stereocenters. The van der Waals surface area contributed by atoms with E-state index < -0.39 is 9.84 Å². The lowest BCUT2D eigenvalue weighted by molar-refractivity contribution is -0.119. The third-order valence-corrected chi connectivity index (χ3v) is 4.22. The van der Waals surface area contributed by atoms with Crippen LogP contribution in [0, 0.1) is 6.92 Å². The largest absolute Gasteiger partial charge is 0.467 e. The number of carbonyl (C=O) groups is 1. The van der Waals surface area contributed by atoms with E-state index >= 15 is 0 Å². The minimum atomic E-state index is -3.22. The first-order valence-electron chi connectivity index (χ1n) is 6.70. The summed E-state index contributed by atoms with van der Waals surface area (Å²) in [5.41, 5.74) is 1.49. The number of amides is 1. The Bertz CT molecular complexity index is 752. The molecule has 0 atom stereocenters. The van der Waals surface area contributed by atoms with Crippen molar-refractivity contribution in [3.8, 4) is 0 Å². The summed E-state index contributed by atoms with van der Waals surface area (Å²) in [5, 5.41) is 5.70. The van der Waals surface area contributed by atoms with Crippen LogP contribution in [-0.2, 0) is 21.2 Å². The highest BCUT2D eigenvalue weighted by atomic mass is 32.2. The molecule has 0 fully saturated rings. The first kappa shape index (κ1) is 16.1. The average molecular weight is 322 g/mol. The van der Waals surface area contributed by atoms with Crippen molar-refractivity contribution in [1.82, 2.24) is 5.32 Å². The monoisotopic (exact) mass is 322 g/mol. The third-order valence-electron chi connectivity index (χ3n) is 3.11. The molecule has 22 heavy (non-hydrogen) atoms. The predicted molar refractivity (Wildman–Crippen MR) is 83.3 cm³/mol. The highest BCUT2D eigenvalue weighted by molar-refractivity contribution is 7.90. The van der Waals surface area contributed by atoms with Crippen LogP contribution in [-0.4, -0.2) is 27.1 Å². The number of nitrogens with one attached hydrogen (secondary N) is 2. The molecule has 1 aromatic carbocycles. The Kier molecular flexibility index (Phi) is 4.87. The smallest absolute Gasteiger partial charge is 0.239 e. The number of rotatable bonds is 6. The fourth-order valence-corrected chi connectivity index (χ4v) is 2.61. The molecule has 0 saturated carbocycles. The first-order valence-corrected chi connectivity index (χ1v) is 8.59. The van der Waals surface area contributed by atoms with Crippen molar-refractivity contribution in [2.24, 2.45) is 0 Å². The quantitative estimate of drug-likeness (QED) is 0.845. The van der Waals surface area contributed by atoms with Crippen molar-refractivity contribution >= 4 is 21.4 Å². The van der Waals surface area contributed by atoms with Gasteiger partial charge in [0.1, 0.15) is 5.76 Å². The molecule has 2 rings (SSSR count). The molecule has 6 nitrogen and oxygen atoms in total. The molecule has 2 aromatic rings. The van der Waals surface area contributed by atoms with Crippen molar-refractivity contribution < 1.29 is 17.6 Å². The molecule has 0 bridgehead atoms. The van der Waals surface area contributed by atoms with Crippen molar-refractivity contribution in [3.05, 3.63) is 47.9 Å². The molecule has 118 valence electrons. The molecule has 1 aromatic heterocycles. The van der Waals surface area contributed by atoms with Gasteiger partial charge in [0.15, 0.2) is 9.84 Å². The van der Waals surface area contributed by atoms with E-state index in [1.165, 1.54) is 6.07 Å². The van der Waals surface area contributed by atoms with Crippen molar-refractivity contribution in [1.29, 1.82) is 0 Å². The minimum absolute atomic E-state index is 0.0970. The summed E-state index contributed by atoms with van der Waals surface area (Å²) >= 11 is 0. The van der Waals surface area contributed by atoms with E-state index in [9.17, 15) is 13.2 Å². The highest BCUT2D eigenvalue weighted by Crippen LogP contribution is 2.19. The second-order valence-electron chi connectivity index (χ2n) is 4.96. The molecular formula is C15H18N2O4S. The first-order chi connectivity index (χ1) is 10.4. The van der Waals surface area contributed by atoms with E-state index in [0.717, 1.165) is 17.5 Å². The van der Waals surface area contributed by atoms with Gasteiger partial charge in [0.05, 0.1) is 24.2 Å². The normalized spacial score (nSPS) is 11.2. The van der Waals surface area contributed by atoms with Gasteiger partial charge in [-0.2, -0.15) is 0 Å². The average Bonchev–Trinajstić information content (AvgIpc) is 2.96. The van der Waals surface area contributed by atoms with Gasteiger partial charge in [-0.1, -0.05) is 0 Å². The molecule has 7 heteroatoms. The zero-order chi connectivity index (χ0) is 16.2. The highest BCUT2D eigenvalue weighted by Gasteiger charge is 2.09. The van der Waals surface area contributed by atoms with E-state index in [1.807, 2.05) is 0 Å². The summed E-state index contributed by atoms with van der Waals surface area (Å²) in [5.74, 6) is 0.505. The molecule has 0 saturated heterocycles. The van der Waals surface area contributed by atoms with Gasteiger partial charge in [-0.25, -0.2) is 8.42 Å². The van der Waals surface area contributed by atoms with Crippen LogP contribution in [0.5, 0.6) is 0 Å². The van der Waals surface area contributed by atoms with Gasteiger partial charge in [0.2, 0.25) is 5.91 Å². The Labute approximate surface area is 129 Å². The summed E-state index contributed by atoms with van der Waals surface area (Å²) in [6.07, 6.45) is 2.71. The van der Waals surface area contributed by atoms with Crippen LogP contribution in [0.1, 0.15) is 11.3 Å². The lowest BCUT2D eigenvalue weighted by Gasteiger charge is -2.10. The second kappa shape index (κ2) is 6.65. The van der Waals surface area contributed by atoms with Crippen LogP contribution in [0.3, 0.4) is 0 Å². The molecule has 2 N–H and O–H groups in total.